The predicted molar refractivity (Wildman–Crippen MR) is 110 cm³/mol. The zero-order valence-corrected chi connectivity index (χ0v) is 16.1. The summed E-state index contributed by atoms with van der Waals surface area (Å²) in [6.07, 6.45) is 4.66. The summed E-state index contributed by atoms with van der Waals surface area (Å²) in [5.74, 6) is 6.23. The molecule has 1 aromatic carbocycles. The van der Waals surface area contributed by atoms with E-state index >= 15 is 0 Å². The summed E-state index contributed by atoms with van der Waals surface area (Å²) in [5.41, 5.74) is 7.26. The Labute approximate surface area is 164 Å². The summed E-state index contributed by atoms with van der Waals surface area (Å²) in [4.78, 5) is 19.0. The van der Waals surface area contributed by atoms with Crippen LogP contribution in [0.5, 0.6) is 0 Å². The molecule has 0 radical (unpaired) electrons. The molecule has 0 spiro atoms. The number of alkyl halides is 1. The van der Waals surface area contributed by atoms with E-state index in [2.05, 4.69) is 15.2 Å². The van der Waals surface area contributed by atoms with Gasteiger partial charge >= 0.3 is 0 Å². The molecule has 7 nitrogen and oxygen atoms in total. The van der Waals surface area contributed by atoms with Crippen molar-refractivity contribution >= 4 is 28.2 Å². The second kappa shape index (κ2) is 8.99. The lowest BCUT2D eigenvalue weighted by Crippen LogP contribution is -2.39. The summed E-state index contributed by atoms with van der Waals surface area (Å²) in [7, 11) is 1.72. The van der Waals surface area contributed by atoms with Crippen molar-refractivity contribution in [2.24, 2.45) is 17.5 Å². The molecular formula is C20H27FN6O. The Morgan fingerprint density at radius 2 is 2.11 bits per heavy atom. The number of carbonyl (C=O) groups is 1. The number of hydrazine groups is 1. The first kappa shape index (κ1) is 20.0. The molecule has 0 bridgehead atoms. The smallest absolute Gasteiger partial charge is 0.228 e. The third kappa shape index (κ3) is 4.58. The number of hydrogen-bond donors (Lipinski definition) is 3. The number of anilines is 1. The number of benzene rings is 1. The Balaban J connectivity index is 1.72. The molecule has 0 aliphatic carbocycles. The first-order valence-corrected chi connectivity index (χ1v) is 9.41. The fraction of sp³-hybridized carbons (Fsp3) is 0.400. The Kier molecular flexibility index (Phi) is 6.43. The highest BCUT2D eigenvalue weighted by Gasteiger charge is 2.25. The summed E-state index contributed by atoms with van der Waals surface area (Å²) >= 11 is 0. The molecule has 0 unspecified atom stereocenters. The number of aromatic nitrogens is 1. The van der Waals surface area contributed by atoms with Gasteiger partial charge in [0.2, 0.25) is 5.91 Å². The first-order valence-electron chi connectivity index (χ1n) is 9.41. The molecule has 2 heterocycles. The number of likely N-dealkylation sites (tertiary alicyclic amines) is 1. The molecule has 8 heteroatoms. The van der Waals surface area contributed by atoms with Gasteiger partial charge in [-0.15, -0.1) is 0 Å². The van der Waals surface area contributed by atoms with Gasteiger partial charge in [-0.2, -0.15) is 0 Å². The third-order valence-electron chi connectivity index (χ3n) is 5.17. The molecule has 1 fully saturated rings. The van der Waals surface area contributed by atoms with Crippen LogP contribution in [-0.4, -0.2) is 54.2 Å². The summed E-state index contributed by atoms with van der Waals surface area (Å²) < 4.78 is 12.4. The number of nitrogens with one attached hydrogen (secondary N) is 1. The normalized spacial score (nSPS) is 16.3. The van der Waals surface area contributed by atoms with Crippen LogP contribution in [-0.2, 0) is 4.79 Å². The number of amides is 1. The van der Waals surface area contributed by atoms with E-state index < -0.39 is 0 Å². The van der Waals surface area contributed by atoms with E-state index in [1.807, 2.05) is 24.3 Å². The number of halogens is 1. The van der Waals surface area contributed by atoms with Crippen LogP contribution in [0.3, 0.4) is 0 Å². The predicted octanol–water partition coefficient (Wildman–Crippen LogP) is 1.92. The SMILES string of the molecule is CN(N)/C(=C\N)c1ccc2cnc(NC(=O)C3CCN(CCF)CC3)cc2c1. The number of fused-ring (bicyclic) bond motifs is 1. The van der Waals surface area contributed by atoms with E-state index in [0.29, 0.717) is 18.1 Å². The Bertz CT molecular complexity index is 861. The maximum absolute atomic E-state index is 12.6. The van der Waals surface area contributed by atoms with Crippen LogP contribution in [0.1, 0.15) is 18.4 Å². The minimum Gasteiger partial charge on any atom is -0.403 e. The van der Waals surface area contributed by atoms with Gasteiger partial charge in [-0.3, -0.25) is 4.79 Å². The van der Waals surface area contributed by atoms with Crippen molar-refractivity contribution in [2.75, 3.05) is 38.7 Å². The first-order chi connectivity index (χ1) is 13.5. The average molecular weight is 386 g/mol. The van der Waals surface area contributed by atoms with Gasteiger partial charge in [-0.25, -0.2) is 15.2 Å². The quantitative estimate of drug-likeness (QED) is 0.518. The molecule has 5 N–H and O–H groups in total. The van der Waals surface area contributed by atoms with Crippen molar-refractivity contribution in [3.05, 3.63) is 42.2 Å². The molecule has 150 valence electrons. The lowest BCUT2D eigenvalue weighted by molar-refractivity contribution is -0.121. The van der Waals surface area contributed by atoms with Crippen molar-refractivity contribution < 1.29 is 9.18 Å². The fourth-order valence-electron chi connectivity index (χ4n) is 3.55. The second-order valence-electron chi connectivity index (χ2n) is 7.09. The van der Waals surface area contributed by atoms with Crippen molar-refractivity contribution in [3.8, 4) is 0 Å². The van der Waals surface area contributed by atoms with E-state index in [1.165, 1.54) is 11.2 Å². The van der Waals surface area contributed by atoms with E-state index in [0.717, 1.165) is 42.3 Å². The minimum atomic E-state index is -0.346. The molecule has 1 aliphatic heterocycles. The number of nitrogens with zero attached hydrogens (tertiary/aromatic N) is 3. The molecule has 3 rings (SSSR count). The lowest BCUT2D eigenvalue weighted by atomic mass is 9.96. The van der Waals surface area contributed by atoms with E-state index in [-0.39, 0.29) is 18.5 Å². The molecule has 0 atom stereocenters. The molecule has 28 heavy (non-hydrogen) atoms. The van der Waals surface area contributed by atoms with Gasteiger partial charge in [0.1, 0.15) is 12.5 Å². The van der Waals surface area contributed by atoms with Crippen LogP contribution in [0.25, 0.3) is 16.5 Å². The van der Waals surface area contributed by atoms with E-state index in [1.54, 1.807) is 13.2 Å². The molecule has 1 aliphatic rings. The van der Waals surface area contributed by atoms with Crippen LogP contribution in [0, 0.1) is 5.92 Å². The summed E-state index contributed by atoms with van der Waals surface area (Å²) in [5, 5.41) is 6.27. The average Bonchev–Trinajstić information content (AvgIpc) is 2.69. The summed E-state index contributed by atoms with van der Waals surface area (Å²) in [6.45, 7) is 1.59. The van der Waals surface area contributed by atoms with Crippen molar-refractivity contribution in [2.45, 2.75) is 12.8 Å². The lowest BCUT2D eigenvalue weighted by Gasteiger charge is -2.30. The standard InChI is InChI=1S/C20H27FN6O/c1-26(23)18(12-22)15-2-3-16-13-24-19(11-17(16)10-15)25-20(28)14-4-7-27(8-5-14)9-6-21/h2-3,10-14H,4-9,22-23H2,1H3,(H,24,25,28)/b18-12-. The highest BCUT2D eigenvalue weighted by Crippen LogP contribution is 2.24. The van der Waals surface area contributed by atoms with Crippen LogP contribution < -0.4 is 16.9 Å². The highest BCUT2D eigenvalue weighted by molar-refractivity contribution is 5.94. The molecule has 1 amide bonds. The van der Waals surface area contributed by atoms with Crippen LogP contribution in [0.15, 0.2) is 36.7 Å². The van der Waals surface area contributed by atoms with Crippen LogP contribution >= 0.6 is 0 Å². The Morgan fingerprint density at radius 3 is 2.75 bits per heavy atom. The highest BCUT2D eigenvalue weighted by atomic mass is 19.1. The maximum atomic E-state index is 12.6. The number of pyridine rings is 1. The number of hydrogen-bond acceptors (Lipinski definition) is 6. The number of piperidine rings is 1. The van der Waals surface area contributed by atoms with E-state index in [4.69, 9.17) is 11.6 Å². The third-order valence-corrected chi connectivity index (χ3v) is 5.17. The molecule has 1 aromatic heterocycles. The molecule has 0 saturated carbocycles. The summed E-state index contributed by atoms with van der Waals surface area (Å²) in [6, 6.07) is 7.68. The Hall–Kier alpha value is -2.71. The molecule has 2 aromatic rings. The van der Waals surface area contributed by atoms with Gasteiger partial charge in [0.25, 0.3) is 0 Å². The van der Waals surface area contributed by atoms with Gasteiger partial charge in [0.05, 0.1) is 5.70 Å². The van der Waals surface area contributed by atoms with Gasteiger partial charge in [-0.1, -0.05) is 12.1 Å². The van der Waals surface area contributed by atoms with Gasteiger partial charge in [0, 0.05) is 42.9 Å². The zero-order chi connectivity index (χ0) is 20.1. The largest absolute Gasteiger partial charge is 0.403 e. The van der Waals surface area contributed by atoms with Crippen molar-refractivity contribution in [3.63, 3.8) is 0 Å². The van der Waals surface area contributed by atoms with Crippen LogP contribution in [0.2, 0.25) is 0 Å². The van der Waals surface area contributed by atoms with Gasteiger partial charge in [-0.05, 0) is 43.5 Å². The number of rotatable bonds is 6. The van der Waals surface area contributed by atoms with Crippen LogP contribution in [0.4, 0.5) is 10.2 Å². The number of carbonyl (C=O) groups excluding carboxylic acids is 1. The topological polar surface area (TPSA) is 101 Å². The van der Waals surface area contributed by atoms with Crippen molar-refractivity contribution in [1.29, 1.82) is 0 Å². The maximum Gasteiger partial charge on any atom is 0.228 e. The fourth-order valence-corrected chi connectivity index (χ4v) is 3.55. The second-order valence-corrected chi connectivity index (χ2v) is 7.09. The van der Waals surface area contributed by atoms with Gasteiger partial charge in [0.15, 0.2) is 0 Å². The van der Waals surface area contributed by atoms with Crippen molar-refractivity contribution in [1.82, 2.24) is 14.9 Å². The van der Waals surface area contributed by atoms with Gasteiger partial charge < -0.3 is 21.0 Å². The number of nitrogens with two attached hydrogens (primary N) is 2. The molecule has 1 saturated heterocycles. The monoisotopic (exact) mass is 386 g/mol. The van der Waals surface area contributed by atoms with E-state index in [9.17, 15) is 9.18 Å². The minimum absolute atomic E-state index is 0.0351. The molecular weight excluding hydrogens is 359 g/mol. The Morgan fingerprint density at radius 1 is 1.36 bits per heavy atom. The zero-order valence-electron chi connectivity index (χ0n) is 16.1.